The Hall–Kier alpha value is -7.06. The summed E-state index contributed by atoms with van der Waals surface area (Å²) < 4.78 is 0. The minimum absolute atomic E-state index is 0.0425. The topological polar surface area (TPSA) is 273 Å². The van der Waals surface area contributed by atoms with E-state index in [4.69, 9.17) is 34.4 Å². The van der Waals surface area contributed by atoms with Gasteiger partial charge in [-0.15, -0.1) is 0 Å². The average Bonchev–Trinajstić information content (AvgIpc) is 3.21. The summed E-state index contributed by atoms with van der Waals surface area (Å²) >= 11 is 0. The summed E-state index contributed by atoms with van der Waals surface area (Å²) in [6, 6.07) is 30.5. The van der Waals surface area contributed by atoms with E-state index in [1.807, 2.05) is 19.1 Å². The maximum atomic E-state index is 14.4. The van der Waals surface area contributed by atoms with Gasteiger partial charge in [0.15, 0.2) is 0 Å². The lowest BCUT2D eigenvalue weighted by molar-refractivity contribution is -0.134. The van der Waals surface area contributed by atoms with Gasteiger partial charge < -0.3 is 55.7 Å². The van der Waals surface area contributed by atoms with Gasteiger partial charge in [-0.25, -0.2) is 0 Å². The van der Waals surface area contributed by atoms with Crippen LogP contribution in [0.1, 0.15) is 34.7 Å². The van der Waals surface area contributed by atoms with Crippen LogP contribution in [-0.2, 0) is 51.3 Å². The summed E-state index contributed by atoms with van der Waals surface area (Å²) in [5.41, 5.74) is 42.6. The molecule has 59 heavy (non-hydrogen) atoms. The normalized spacial score (nSPS) is 13.5. The van der Waals surface area contributed by atoms with Gasteiger partial charge in [0.1, 0.15) is 18.1 Å². The first-order chi connectivity index (χ1) is 28.2. The summed E-state index contributed by atoms with van der Waals surface area (Å²) in [7, 11) is 0. The molecule has 16 N–H and O–H groups in total. The highest BCUT2D eigenvalue weighted by Crippen LogP contribution is 2.15. The molecule has 5 atom stereocenters. The van der Waals surface area contributed by atoms with Crippen LogP contribution >= 0.6 is 0 Å². The molecule has 5 aromatic carbocycles. The Bertz CT molecular complexity index is 2160. The molecular weight excluding hydrogens is 745 g/mol. The van der Waals surface area contributed by atoms with Gasteiger partial charge in [-0.05, 0) is 108 Å². The van der Waals surface area contributed by atoms with Crippen LogP contribution in [-0.4, -0.2) is 53.8 Å². The number of amides is 4. The van der Waals surface area contributed by atoms with Crippen molar-refractivity contribution in [2.75, 3.05) is 28.7 Å². The molecule has 0 aliphatic rings. The largest absolute Gasteiger partial charge is 0.399 e. The average molecular weight is 799 g/mol. The SMILES string of the molecule is CC(Cc1ccc(N)cc1)NC(=O)C(Cc1ccc(N)cc1)NC(=O)C(Cc1ccc(N)cc1)NC(=O)C(Cc1ccc(N)cc1)NC(=O)C(N)Cc1ccc(N)cc1. The summed E-state index contributed by atoms with van der Waals surface area (Å²) in [5, 5.41) is 11.6. The van der Waals surface area contributed by atoms with Gasteiger partial charge in [-0.3, -0.25) is 19.2 Å². The number of rotatable bonds is 18. The number of nitrogens with one attached hydrogen (secondary N) is 4. The van der Waals surface area contributed by atoms with Crippen LogP contribution in [0.3, 0.4) is 0 Å². The third kappa shape index (κ3) is 13.5. The van der Waals surface area contributed by atoms with E-state index in [2.05, 4.69) is 21.3 Å². The van der Waals surface area contributed by atoms with Gasteiger partial charge in [-0.1, -0.05) is 60.7 Å². The Morgan fingerprint density at radius 2 is 0.610 bits per heavy atom. The maximum absolute atomic E-state index is 14.4. The molecule has 308 valence electrons. The van der Waals surface area contributed by atoms with Crippen LogP contribution in [0.25, 0.3) is 0 Å². The van der Waals surface area contributed by atoms with Gasteiger partial charge in [0.05, 0.1) is 6.04 Å². The van der Waals surface area contributed by atoms with Crippen LogP contribution in [0.4, 0.5) is 28.4 Å². The fourth-order valence-corrected chi connectivity index (χ4v) is 6.52. The van der Waals surface area contributed by atoms with Crippen LogP contribution in [0.15, 0.2) is 121 Å². The van der Waals surface area contributed by atoms with Crippen LogP contribution in [0.2, 0.25) is 0 Å². The molecule has 5 rings (SSSR count). The Balaban J connectivity index is 1.39. The number of hydrogen-bond donors (Lipinski definition) is 10. The van der Waals surface area contributed by atoms with Gasteiger partial charge in [-0.2, -0.15) is 0 Å². The molecule has 14 nitrogen and oxygen atoms in total. The second kappa shape index (κ2) is 20.4. The Morgan fingerprint density at radius 1 is 0.373 bits per heavy atom. The molecule has 0 radical (unpaired) electrons. The predicted octanol–water partition coefficient (Wildman–Crippen LogP) is 2.40. The van der Waals surface area contributed by atoms with E-state index in [0.717, 1.165) is 16.7 Å². The highest BCUT2D eigenvalue weighted by molar-refractivity contribution is 5.95. The monoisotopic (exact) mass is 798 g/mol. The van der Waals surface area contributed by atoms with Crippen molar-refractivity contribution in [1.82, 2.24) is 21.3 Å². The maximum Gasteiger partial charge on any atom is 0.243 e. The van der Waals surface area contributed by atoms with Crippen molar-refractivity contribution >= 4 is 52.1 Å². The van der Waals surface area contributed by atoms with Crippen molar-refractivity contribution in [2.24, 2.45) is 5.73 Å². The molecule has 5 aromatic rings. The number of carbonyl (C=O) groups excluding carboxylic acids is 4. The molecule has 0 saturated heterocycles. The van der Waals surface area contributed by atoms with E-state index in [1.54, 1.807) is 109 Å². The molecular formula is C45H54N10O4. The molecule has 0 bridgehead atoms. The number of nitrogen functional groups attached to an aromatic ring is 5. The smallest absolute Gasteiger partial charge is 0.243 e. The zero-order valence-corrected chi connectivity index (χ0v) is 33.1. The molecule has 4 amide bonds. The van der Waals surface area contributed by atoms with Gasteiger partial charge in [0.2, 0.25) is 23.6 Å². The minimum Gasteiger partial charge on any atom is -0.399 e. The lowest BCUT2D eigenvalue weighted by atomic mass is 10.00. The summed E-state index contributed by atoms with van der Waals surface area (Å²) in [6.45, 7) is 1.87. The van der Waals surface area contributed by atoms with Crippen molar-refractivity contribution in [3.05, 3.63) is 149 Å². The molecule has 5 unspecified atom stereocenters. The van der Waals surface area contributed by atoms with E-state index in [1.165, 1.54) is 0 Å². The Kier molecular flexibility index (Phi) is 14.9. The van der Waals surface area contributed by atoms with Crippen molar-refractivity contribution < 1.29 is 19.2 Å². The quantitative estimate of drug-likeness (QED) is 0.0578. The van der Waals surface area contributed by atoms with E-state index in [-0.39, 0.29) is 31.7 Å². The molecule has 0 saturated carbocycles. The first-order valence-electron chi connectivity index (χ1n) is 19.4. The third-order valence-corrected chi connectivity index (χ3v) is 9.84. The highest BCUT2D eigenvalue weighted by Gasteiger charge is 2.31. The zero-order chi connectivity index (χ0) is 42.5. The summed E-state index contributed by atoms with van der Waals surface area (Å²) in [5.74, 6) is -2.23. The number of benzene rings is 5. The minimum atomic E-state index is -1.19. The Labute approximate surface area is 344 Å². The summed E-state index contributed by atoms with van der Waals surface area (Å²) in [6.07, 6.45) is 0.962. The fraction of sp³-hybridized carbons (Fsp3) is 0.244. The fourth-order valence-electron chi connectivity index (χ4n) is 6.52. The van der Waals surface area contributed by atoms with Crippen LogP contribution in [0, 0.1) is 0 Å². The molecule has 0 spiro atoms. The lowest BCUT2D eigenvalue weighted by Crippen LogP contribution is -2.59. The second-order valence-electron chi connectivity index (χ2n) is 14.9. The van der Waals surface area contributed by atoms with E-state index in [9.17, 15) is 19.2 Å². The van der Waals surface area contributed by atoms with Gasteiger partial charge in [0, 0.05) is 53.7 Å². The standard InChI is InChI=1S/C45H54N10O4/c1-27(22-28-2-12-33(46)13-3-28)52-43(57)39(24-30-6-16-35(48)17-7-30)54-45(59)41(26-32-10-20-37(50)21-11-32)55-44(58)40(25-31-8-18-36(49)19-9-31)53-42(56)38(51)23-29-4-14-34(47)15-5-29/h2-21,27,38-41H,22-26,46-51H2,1H3,(H,52,57)(H,53,56)(H,54,59)(H,55,58). The van der Waals surface area contributed by atoms with Crippen LogP contribution < -0.4 is 55.7 Å². The van der Waals surface area contributed by atoms with Crippen molar-refractivity contribution in [2.45, 2.75) is 69.2 Å². The molecule has 14 heteroatoms. The number of hydrogen-bond acceptors (Lipinski definition) is 10. The van der Waals surface area contributed by atoms with Gasteiger partial charge in [0.25, 0.3) is 0 Å². The van der Waals surface area contributed by atoms with E-state index >= 15 is 0 Å². The lowest BCUT2D eigenvalue weighted by Gasteiger charge is -2.27. The molecule has 0 aliphatic carbocycles. The molecule has 0 fully saturated rings. The first kappa shape index (κ1) is 43.1. The van der Waals surface area contributed by atoms with Crippen molar-refractivity contribution in [3.63, 3.8) is 0 Å². The van der Waals surface area contributed by atoms with Crippen LogP contribution in [0.5, 0.6) is 0 Å². The number of nitrogens with two attached hydrogens (primary N) is 6. The molecule has 0 aromatic heterocycles. The second-order valence-corrected chi connectivity index (χ2v) is 14.9. The van der Waals surface area contributed by atoms with Gasteiger partial charge >= 0.3 is 0 Å². The molecule has 0 aliphatic heterocycles. The predicted molar refractivity (Wildman–Crippen MR) is 234 cm³/mol. The molecule has 0 heterocycles. The number of carbonyl (C=O) groups is 4. The van der Waals surface area contributed by atoms with Crippen molar-refractivity contribution in [1.29, 1.82) is 0 Å². The first-order valence-corrected chi connectivity index (χ1v) is 19.4. The van der Waals surface area contributed by atoms with Crippen molar-refractivity contribution in [3.8, 4) is 0 Å². The Morgan fingerprint density at radius 3 is 0.915 bits per heavy atom. The van der Waals surface area contributed by atoms with E-state index in [0.29, 0.717) is 46.0 Å². The van der Waals surface area contributed by atoms with E-state index < -0.39 is 47.8 Å². The third-order valence-electron chi connectivity index (χ3n) is 9.84. The highest BCUT2D eigenvalue weighted by atomic mass is 16.2. The summed E-state index contributed by atoms with van der Waals surface area (Å²) in [4.78, 5) is 56.2. The zero-order valence-electron chi connectivity index (χ0n) is 33.1. The number of anilines is 5.